The van der Waals surface area contributed by atoms with Crippen molar-refractivity contribution in [3.8, 4) is 22.8 Å². The fourth-order valence-corrected chi connectivity index (χ4v) is 4.22. The first-order valence-corrected chi connectivity index (χ1v) is 11.6. The van der Waals surface area contributed by atoms with Gasteiger partial charge in [-0.05, 0) is 46.6 Å². The lowest BCUT2D eigenvalue weighted by Gasteiger charge is -2.05. The molecule has 3 aromatic carbocycles. The van der Waals surface area contributed by atoms with Crippen molar-refractivity contribution in [3.63, 3.8) is 0 Å². The molecule has 0 aliphatic rings. The summed E-state index contributed by atoms with van der Waals surface area (Å²) >= 11 is 0. The van der Waals surface area contributed by atoms with Crippen LogP contribution >= 0.6 is 0 Å². The number of hydrogen-bond acceptors (Lipinski definition) is 9. The molecule has 0 spiro atoms. The number of aliphatic hydroxyl groups excluding tert-OH is 1. The Bertz CT molecular complexity index is 1630. The van der Waals surface area contributed by atoms with Crippen molar-refractivity contribution in [2.45, 2.75) is 18.4 Å². The van der Waals surface area contributed by atoms with Crippen LogP contribution in [-0.2, 0) is 16.7 Å². The van der Waals surface area contributed by atoms with Crippen molar-refractivity contribution in [3.05, 3.63) is 92.0 Å². The smallest absolute Gasteiger partial charge is 0.341 e. The maximum Gasteiger partial charge on any atom is 0.341 e. The normalized spacial score (nSPS) is 11.4. The summed E-state index contributed by atoms with van der Waals surface area (Å²) in [5.41, 5.74) is -0.108. The Hall–Kier alpha value is -4.60. The van der Waals surface area contributed by atoms with Crippen LogP contribution in [0.3, 0.4) is 0 Å². The van der Waals surface area contributed by atoms with Crippen LogP contribution in [0.25, 0.3) is 22.8 Å². The maximum absolute atomic E-state index is 11.9. The van der Waals surface area contributed by atoms with E-state index in [9.17, 15) is 38.3 Å². The van der Waals surface area contributed by atoms with Gasteiger partial charge in [0.15, 0.2) is 0 Å². The van der Waals surface area contributed by atoms with Crippen molar-refractivity contribution in [2.75, 3.05) is 0 Å². The standard InChI is InChI=1S/C21H16N6O8S/c1-13-6-8-18(19(10-13)27(31)32)25-23-21(16-4-2-3-5-20(16)36(33,34)35)22-24(25)17-9-7-15(26(29)30)11-14(17)12-28/h2-11,28H,12H2,1H3/p+1. The number of nitro groups is 2. The van der Waals surface area contributed by atoms with Gasteiger partial charge in [-0.15, -0.1) is 0 Å². The molecular formula is C21H17N6O8S+. The third kappa shape index (κ3) is 4.52. The lowest BCUT2D eigenvalue weighted by Crippen LogP contribution is -2.44. The van der Waals surface area contributed by atoms with Gasteiger partial charge in [-0.3, -0.25) is 24.8 Å². The van der Waals surface area contributed by atoms with Crippen molar-refractivity contribution < 1.29 is 32.7 Å². The van der Waals surface area contributed by atoms with Crippen molar-refractivity contribution in [1.82, 2.24) is 15.0 Å². The fourth-order valence-electron chi connectivity index (χ4n) is 3.54. The van der Waals surface area contributed by atoms with E-state index in [0.717, 1.165) is 27.8 Å². The summed E-state index contributed by atoms with van der Waals surface area (Å²) in [5.74, 6) is -0.236. The number of nitro benzene ring substituents is 2. The number of tetrazole rings is 1. The highest BCUT2D eigenvalue weighted by atomic mass is 32.2. The van der Waals surface area contributed by atoms with Gasteiger partial charge in [0.2, 0.25) is 0 Å². The Morgan fingerprint density at radius 1 is 1.03 bits per heavy atom. The zero-order valence-corrected chi connectivity index (χ0v) is 19.2. The molecule has 14 nitrogen and oxygen atoms in total. The summed E-state index contributed by atoms with van der Waals surface area (Å²) in [7, 11) is -4.69. The van der Waals surface area contributed by atoms with E-state index in [1.807, 2.05) is 0 Å². The Morgan fingerprint density at radius 2 is 1.75 bits per heavy atom. The van der Waals surface area contributed by atoms with Crippen molar-refractivity contribution in [2.24, 2.45) is 0 Å². The van der Waals surface area contributed by atoms with E-state index in [4.69, 9.17) is 0 Å². The Labute approximate surface area is 202 Å². The van der Waals surface area contributed by atoms with Crippen LogP contribution in [0.15, 0.2) is 65.6 Å². The minimum atomic E-state index is -4.69. The second-order valence-electron chi connectivity index (χ2n) is 7.55. The molecule has 0 saturated carbocycles. The zero-order valence-electron chi connectivity index (χ0n) is 18.4. The predicted molar refractivity (Wildman–Crippen MR) is 122 cm³/mol. The lowest BCUT2D eigenvalue weighted by atomic mass is 10.1. The highest BCUT2D eigenvalue weighted by molar-refractivity contribution is 7.86. The number of aliphatic hydroxyl groups is 1. The Kier molecular flexibility index (Phi) is 6.28. The molecule has 4 aromatic rings. The quantitative estimate of drug-likeness (QED) is 0.160. The van der Waals surface area contributed by atoms with Crippen LogP contribution in [-0.4, -0.2) is 42.9 Å². The molecule has 0 radical (unpaired) electrons. The second kappa shape index (κ2) is 9.21. The topological polar surface area (TPSA) is 195 Å². The minimum Gasteiger partial charge on any atom is -0.392 e. The molecule has 0 bridgehead atoms. The lowest BCUT2D eigenvalue weighted by molar-refractivity contribution is -0.736. The maximum atomic E-state index is 11.9. The van der Waals surface area contributed by atoms with Gasteiger partial charge >= 0.3 is 11.5 Å². The molecule has 0 atom stereocenters. The van der Waals surface area contributed by atoms with Gasteiger partial charge in [-0.2, -0.15) is 8.42 Å². The van der Waals surface area contributed by atoms with E-state index in [2.05, 4.69) is 10.2 Å². The Balaban J connectivity index is 2.07. The number of hydrogen-bond donors (Lipinski definition) is 2. The number of benzene rings is 3. The van der Waals surface area contributed by atoms with Gasteiger partial charge in [-0.25, -0.2) is 0 Å². The molecule has 1 heterocycles. The van der Waals surface area contributed by atoms with Crippen LogP contribution in [0.4, 0.5) is 11.4 Å². The third-order valence-electron chi connectivity index (χ3n) is 5.17. The zero-order chi connectivity index (χ0) is 26.2. The summed E-state index contributed by atoms with van der Waals surface area (Å²) in [6.45, 7) is 1.00. The molecule has 184 valence electrons. The molecule has 0 fully saturated rings. The molecule has 2 N–H and O–H groups in total. The van der Waals surface area contributed by atoms with E-state index in [0.29, 0.717) is 5.56 Å². The summed E-state index contributed by atoms with van der Waals surface area (Å²) in [4.78, 5) is 23.3. The van der Waals surface area contributed by atoms with Crippen molar-refractivity contribution >= 4 is 21.5 Å². The van der Waals surface area contributed by atoms with Gasteiger partial charge < -0.3 is 5.11 Å². The molecule has 0 unspecified atom stereocenters. The third-order valence-corrected chi connectivity index (χ3v) is 6.08. The summed E-state index contributed by atoms with van der Waals surface area (Å²) < 4.78 is 33.6. The molecule has 0 aliphatic carbocycles. The molecule has 0 saturated heterocycles. The summed E-state index contributed by atoms with van der Waals surface area (Å²) in [5, 5.41) is 41.5. The Morgan fingerprint density at radius 3 is 2.39 bits per heavy atom. The number of nitrogens with zero attached hydrogens (tertiary/aromatic N) is 6. The first kappa shape index (κ1) is 24.5. The molecule has 36 heavy (non-hydrogen) atoms. The van der Waals surface area contributed by atoms with E-state index in [1.165, 1.54) is 36.4 Å². The average Bonchev–Trinajstić information content (AvgIpc) is 3.27. The number of rotatable bonds is 7. The van der Waals surface area contributed by atoms with Crippen LogP contribution in [0.2, 0.25) is 0 Å². The first-order chi connectivity index (χ1) is 17.0. The van der Waals surface area contributed by atoms with Gasteiger partial charge in [0.05, 0.1) is 27.1 Å². The SMILES string of the molecule is Cc1ccc(-[n+]2nc(-c3ccccc3S(=O)(=O)O)nn2-c2ccc([N+](=O)[O-])cc2CO)c([N+](=O)[O-])c1. The highest BCUT2D eigenvalue weighted by Gasteiger charge is 2.33. The monoisotopic (exact) mass is 513 g/mol. The highest BCUT2D eigenvalue weighted by Crippen LogP contribution is 2.27. The van der Waals surface area contributed by atoms with Crippen LogP contribution in [0.5, 0.6) is 0 Å². The molecule has 0 aliphatic heterocycles. The number of non-ortho nitro benzene ring substituents is 1. The fraction of sp³-hybridized carbons (Fsp3) is 0.0952. The summed E-state index contributed by atoms with van der Waals surface area (Å²) in [6.07, 6.45) is 0. The van der Waals surface area contributed by atoms with E-state index in [-0.39, 0.29) is 39.7 Å². The second-order valence-corrected chi connectivity index (χ2v) is 8.94. The number of aromatic nitrogens is 4. The van der Waals surface area contributed by atoms with Gasteiger partial charge in [-0.1, -0.05) is 18.2 Å². The number of aryl methyl sites for hydroxylation is 1. The van der Waals surface area contributed by atoms with Gasteiger partial charge in [0, 0.05) is 28.6 Å². The molecule has 0 amide bonds. The first-order valence-electron chi connectivity index (χ1n) is 10.1. The van der Waals surface area contributed by atoms with Crippen LogP contribution < -0.4 is 4.80 Å². The predicted octanol–water partition coefficient (Wildman–Crippen LogP) is 2.07. The average molecular weight is 513 g/mol. The van der Waals surface area contributed by atoms with E-state index >= 15 is 0 Å². The van der Waals surface area contributed by atoms with E-state index in [1.54, 1.807) is 13.0 Å². The van der Waals surface area contributed by atoms with Crippen molar-refractivity contribution in [1.29, 1.82) is 0 Å². The summed E-state index contributed by atoms with van der Waals surface area (Å²) in [6, 6.07) is 13.1. The molecule has 1 aromatic heterocycles. The van der Waals surface area contributed by atoms with Crippen LogP contribution in [0.1, 0.15) is 11.1 Å². The van der Waals surface area contributed by atoms with Gasteiger partial charge in [0.1, 0.15) is 10.6 Å². The molecule has 4 rings (SSSR count). The van der Waals surface area contributed by atoms with Gasteiger partial charge in [0.25, 0.3) is 21.5 Å². The molecular weight excluding hydrogens is 496 g/mol. The van der Waals surface area contributed by atoms with Crippen LogP contribution in [0, 0.1) is 27.2 Å². The largest absolute Gasteiger partial charge is 0.392 e. The van der Waals surface area contributed by atoms with E-state index < -0.39 is 31.5 Å². The molecule has 15 heteroatoms. The minimum absolute atomic E-state index is 0.0484.